The zero-order valence-electron chi connectivity index (χ0n) is 9.86. The number of rotatable bonds is 6. The normalized spacial score (nSPS) is 17.6. The first-order valence-corrected chi connectivity index (χ1v) is 5.50. The molecule has 0 aromatic rings. The number of nitrogens with zero attached hydrogens (tertiary/aromatic N) is 1. The predicted molar refractivity (Wildman–Crippen MR) is 58.1 cm³/mol. The zero-order valence-corrected chi connectivity index (χ0v) is 9.86. The Hall–Kier alpha value is -1.10. The second kappa shape index (κ2) is 5.30. The van der Waals surface area contributed by atoms with E-state index in [1.54, 1.807) is 14.2 Å². The molecule has 5 nitrogen and oxygen atoms in total. The highest BCUT2D eigenvalue weighted by Gasteiger charge is 2.39. The van der Waals surface area contributed by atoms with Gasteiger partial charge < -0.3 is 14.7 Å². The summed E-state index contributed by atoms with van der Waals surface area (Å²) >= 11 is 0. The molecule has 0 atom stereocenters. The third kappa shape index (κ3) is 3.20. The average molecular weight is 229 g/mol. The van der Waals surface area contributed by atoms with Crippen LogP contribution in [0.4, 0.5) is 0 Å². The summed E-state index contributed by atoms with van der Waals surface area (Å²) in [6.45, 7) is 0.258. The van der Waals surface area contributed by atoms with Crippen LogP contribution in [0.15, 0.2) is 0 Å². The van der Waals surface area contributed by atoms with Gasteiger partial charge in [-0.25, -0.2) is 0 Å². The first-order chi connectivity index (χ1) is 7.49. The minimum Gasteiger partial charge on any atom is -0.481 e. The predicted octanol–water partition coefficient (Wildman–Crippen LogP) is 0.879. The lowest BCUT2D eigenvalue weighted by molar-refractivity contribution is -0.144. The molecule has 1 N–H and O–H groups in total. The number of methoxy groups -OCH3 is 1. The molecular weight excluding hydrogens is 210 g/mol. The van der Waals surface area contributed by atoms with Gasteiger partial charge in [-0.2, -0.15) is 0 Å². The van der Waals surface area contributed by atoms with E-state index >= 15 is 0 Å². The van der Waals surface area contributed by atoms with Crippen LogP contribution in [-0.2, 0) is 14.3 Å². The number of hydrogen-bond donors (Lipinski definition) is 1. The highest BCUT2D eigenvalue weighted by molar-refractivity contribution is 5.78. The van der Waals surface area contributed by atoms with Gasteiger partial charge in [0.05, 0.1) is 18.4 Å². The van der Waals surface area contributed by atoms with Crippen molar-refractivity contribution in [3.8, 4) is 0 Å². The Labute approximate surface area is 95.4 Å². The van der Waals surface area contributed by atoms with E-state index in [-0.39, 0.29) is 24.5 Å². The molecular formula is C11H19NO4. The standard InChI is InChI=1S/C11H19NO4/c1-12(7-4-10(14)15)9(13)8-11(16-2)5-3-6-11/h3-8H2,1-2H3,(H,14,15). The van der Waals surface area contributed by atoms with Crippen LogP contribution in [0.2, 0.25) is 0 Å². The van der Waals surface area contributed by atoms with Gasteiger partial charge in [-0.05, 0) is 19.3 Å². The number of ether oxygens (including phenoxy) is 1. The van der Waals surface area contributed by atoms with E-state index in [2.05, 4.69) is 0 Å². The monoisotopic (exact) mass is 229 g/mol. The highest BCUT2D eigenvalue weighted by Crippen LogP contribution is 2.38. The first kappa shape index (κ1) is 13.0. The molecule has 1 aliphatic rings. The van der Waals surface area contributed by atoms with E-state index in [1.807, 2.05) is 0 Å². The SMILES string of the molecule is COC1(CC(=O)N(C)CCC(=O)O)CCC1. The first-order valence-electron chi connectivity index (χ1n) is 5.50. The van der Waals surface area contributed by atoms with Crippen LogP contribution in [-0.4, -0.2) is 48.2 Å². The maximum Gasteiger partial charge on any atom is 0.305 e. The van der Waals surface area contributed by atoms with Crippen LogP contribution in [0.3, 0.4) is 0 Å². The Morgan fingerprint density at radius 1 is 1.44 bits per heavy atom. The Morgan fingerprint density at radius 3 is 2.44 bits per heavy atom. The lowest BCUT2D eigenvalue weighted by atomic mass is 9.77. The zero-order chi connectivity index (χ0) is 12.2. The summed E-state index contributed by atoms with van der Waals surface area (Å²) in [5, 5.41) is 8.52. The van der Waals surface area contributed by atoms with E-state index in [9.17, 15) is 9.59 Å². The van der Waals surface area contributed by atoms with E-state index in [0.717, 1.165) is 19.3 Å². The minimum atomic E-state index is -0.884. The molecule has 0 aliphatic heterocycles. The molecule has 1 aliphatic carbocycles. The van der Waals surface area contributed by atoms with Gasteiger partial charge in [0.15, 0.2) is 0 Å². The summed E-state index contributed by atoms with van der Waals surface area (Å²) in [5.74, 6) is -0.924. The van der Waals surface area contributed by atoms with Gasteiger partial charge in [0, 0.05) is 20.7 Å². The van der Waals surface area contributed by atoms with Crippen molar-refractivity contribution >= 4 is 11.9 Å². The van der Waals surface area contributed by atoms with Crippen LogP contribution >= 0.6 is 0 Å². The number of hydrogen-bond acceptors (Lipinski definition) is 3. The molecule has 92 valence electrons. The Morgan fingerprint density at radius 2 is 2.06 bits per heavy atom. The van der Waals surface area contributed by atoms with Gasteiger partial charge >= 0.3 is 5.97 Å². The molecule has 1 rings (SSSR count). The van der Waals surface area contributed by atoms with Crippen LogP contribution in [0.5, 0.6) is 0 Å². The van der Waals surface area contributed by atoms with Crippen molar-refractivity contribution in [2.75, 3.05) is 20.7 Å². The fourth-order valence-corrected chi connectivity index (χ4v) is 1.82. The van der Waals surface area contributed by atoms with Crippen molar-refractivity contribution < 1.29 is 19.4 Å². The molecule has 16 heavy (non-hydrogen) atoms. The maximum absolute atomic E-state index is 11.8. The number of carboxylic acids is 1. The summed E-state index contributed by atoms with van der Waals surface area (Å²) in [6, 6.07) is 0. The van der Waals surface area contributed by atoms with Crippen molar-refractivity contribution in [2.24, 2.45) is 0 Å². The summed E-state index contributed by atoms with van der Waals surface area (Å²) in [7, 11) is 3.26. The van der Waals surface area contributed by atoms with E-state index in [1.165, 1.54) is 4.90 Å². The molecule has 1 fully saturated rings. The molecule has 0 bridgehead atoms. The number of amides is 1. The molecule has 0 saturated heterocycles. The van der Waals surface area contributed by atoms with Gasteiger partial charge in [0.1, 0.15) is 0 Å². The summed E-state index contributed by atoms with van der Waals surface area (Å²) in [5.41, 5.74) is -0.283. The lowest BCUT2D eigenvalue weighted by Gasteiger charge is -2.40. The van der Waals surface area contributed by atoms with Gasteiger partial charge in [-0.15, -0.1) is 0 Å². The Kier molecular flexibility index (Phi) is 4.29. The van der Waals surface area contributed by atoms with Gasteiger partial charge in [-0.3, -0.25) is 9.59 Å². The van der Waals surface area contributed by atoms with Crippen LogP contribution in [0.25, 0.3) is 0 Å². The third-order valence-corrected chi connectivity index (χ3v) is 3.26. The number of carbonyl (C=O) groups is 2. The second-order valence-corrected chi connectivity index (χ2v) is 4.38. The fourth-order valence-electron chi connectivity index (χ4n) is 1.82. The fraction of sp³-hybridized carbons (Fsp3) is 0.818. The molecule has 5 heteroatoms. The summed E-state index contributed by atoms with van der Waals surface area (Å²) in [4.78, 5) is 23.6. The number of aliphatic carboxylic acids is 1. The van der Waals surface area contributed by atoms with Crippen molar-refractivity contribution in [2.45, 2.75) is 37.7 Å². The van der Waals surface area contributed by atoms with Crippen molar-refractivity contribution in [3.63, 3.8) is 0 Å². The minimum absolute atomic E-state index is 0.0117. The topological polar surface area (TPSA) is 66.8 Å². The highest BCUT2D eigenvalue weighted by atomic mass is 16.5. The molecule has 1 saturated carbocycles. The quantitative estimate of drug-likeness (QED) is 0.734. The van der Waals surface area contributed by atoms with Crippen molar-refractivity contribution in [1.82, 2.24) is 4.90 Å². The van der Waals surface area contributed by atoms with E-state index in [4.69, 9.17) is 9.84 Å². The molecule has 0 heterocycles. The van der Waals surface area contributed by atoms with Gasteiger partial charge in [0.2, 0.25) is 5.91 Å². The molecule has 1 amide bonds. The molecule has 0 radical (unpaired) electrons. The van der Waals surface area contributed by atoms with Crippen LogP contribution in [0, 0.1) is 0 Å². The average Bonchev–Trinajstić information content (AvgIpc) is 2.19. The Balaban J connectivity index is 2.36. The van der Waals surface area contributed by atoms with Gasteiger partial charge in [0.25, 0.3) is 0 Å². The molecule has 0 aromatic heterocycles. The Bertz CT molecular complexity index is 268. The summed E-state index contributed by atoms with van der Waals surface area (Å²) < 4.78 is 5.36. The number of carboxylic acid groups (broad SMARTS) is 1. The second-order valence-electron chi connectivity index (χ2n) is 4.38. The molecule has 0 aromatic carbocycles. The number of carbonyl (C=O) groups excluding carboxylic acids is 1. The molecule has 0 unspecified atom stereocenters. The van der Waals surface area contributed by atoms with E-state index in [0.29, 0.717) is 6.42 Å². The lowest BCUT2D eigenvalue weighted by Crippen LogP contribution is -2.44. The molecule has 0 spiro atoms. The largest absolute Gasteiger partial charge is 0.481 e. The maximum atomic E-state index is 11.8. The van der Waals surface area contributed by atoms with Crippen molar-refractivity contribution in [1.29, 1.82) is 0 Å². The smallest absolute Gasteiger partial charge is 0.305 e. The van der Waals surface area contributed by atoms with Crippen LogP contribution in [0.1, 0.15) is 32.1 Å². The van der Waals surface area contributed by atoms with E-state index < -0.39 is 5.97 Å². The summed E-state index contributed by atoms with van der Waals surface area (Å²) in [6.07, 6.45) is 3.28. The third-order valence-electron chi connectivity index (χ3n) is 3.26. The van der Waals surface area contributed by atoms with Gasteiger partial charge in [-0.1, -0.05) is 0 Å². The van der Waals surface area contributed by atoms with Crippen molar-refractivity contribution in [3.05, 3.63) is 0 Å². The van der Waals surface area contributed by atoms with Crippen LogP contribution < -0.4 is 0 Å².